The number of piperidine rings is 1. The van der Waals surface area contributed by atoms with E-state index in [0.29, 0.717) is 96.2 Å². The Balaban J connectivity index is 0.865. The first-order valence-corrected chi connectivity index (χ1v) is 21.9. The highest BCUT2D eigenvalue weighted by molar-refractivity contribution is 6.24. The van der Waals surface area contributed by atoms with Gasteiger partial charge in [0, 0.05) is 114 Å². The number of aromatic nitrogens is 7. The second-order valence-electron chi connectivity index (χ2n) is 16.7. The smallest absolute Gasteiger partial charge is 0.289 e. The number of fused-ring (bicyclic) bond motifs is 4. The number of methoxy groups -OCH3 is 1. The van der Waals surface area contributed by atoms with Crippen LogP contribution in [0.4, 0.5) is 17.3 Å². The fraction of sp³-hybridized carbons (Fsp3) is 0.370. The molecule has 1 atom stereocenters. The molecule has 6 heterocycles. The zero-order valence-corrected chi connectivity index (χ0v) is 36.6. The van der Waals surface area contributed by atoms with Crippen LogP contribution in [0.1, 0.15) is 108 Å². The van der Waals surface area contributed by atoms with Crippen molar-refractivity contribution in [3.8, 4) is 5.75 Å². The van der Waals surface area contributed by atoms with E-state index in [1.54, 1.807) is 30.2 Å². The Labute approximate surface area is 373 Å². The van der Waals surface area contributed by atoms with Gasteiger partial charge in [0.05, 0.1) is 23.9 Å². The second kappa shape index (κ2) is 17.5. The van der Waals surface area contributed by atoms with Crippen LogP contribution in [0.2, 0.25) is 0 Å². The minimum Gasteiger partial charge on any atom is -0.512 e. The number of carbonyl (C=O) groups is 4. The van der Waals surface area contributed by atoms with Gasteiger partial charge in [-0.3, -0.25) is 24.5 Å². The lowest BCUT2D eigenvalue weighted by atomic mass is 9.98. The van der Waals surface area contributed by atoms with Gasteiger partial charge in [0.1, 0.15) is 34.9 Å². The van der Waals surface area contributed by atoms with Gasteiger partial charge in [-0.2, -0.15) is 5.10 Å². The summed E-state index contributed by atoms with van der Waals surface area (Å²) in [4.78, 5) is 73.4. The van der Waals surface area contributed by atoms with Crippen molar-refractivity contribution < 1.29 is 29.0 Å². The lowest BCUT2D eigenvalue weighted by molar-refractivity contribution is -0.136. The summed E-state index contributed by atoms with van der Waals surface area (Å²) in [5.41, 5.74) is 6.22. The minimum absolute atomic E-state index is 0.0128. The molecule has 9 rings (SSSR count). The van der Waals surface area contributed by atoms with E-state index in [1.165, 1.54) is 14.0 Å². The molecule has 19 heteroatoms. The number of benzene rings is 2. The normalized spacial score (nSPS) is 16.5. The van der Waals surface area contributed by atoms with Crippen LogP contribution in [0.3, 0.4) is 0 Å². The van der Waals surface area contributed by atoms with Crippen molar-refractivity contribution in [1.29, 1.82) is 5.41 Å². The Hall–Kier alpha value is -7.57. The third-order valence-electron chi connectivity index (χ3n) is 12.2. The lowest BCUT2D eigenvalue weighted by Gasteiger charge is -2.29. The number of amides is 4. The maximum absolute atomic E-state index is 13.8. The van der Waals surface area contributed by atoms with Crippen LogP contribution in [0.25, 0.3) is 27.5 Å². The maximum Gasteiger partial charge on any atom is 0.289 e. The fourth-order valence-electron chi connectivity index (χ4n) is 8.81. The predicted molar refractivity (Wildman–Crippen MR) is 244 cm³/mol. The van der Waals surface area contributed by atoms with Gasteiger partial charge in [-0.25, -0.2) is 19.6 Å². The van der Waals surface area contributed by atoms with Crippen molar-refractivity contribution in [3.05, 3.63) is 88.1 Å². The summed E-state index contributed by atoms with van der Waals surface area (Å²) in [6.07, 6.45) is 6.37. The Morgan fingerprint density at radius 1 is 1.05 bits per heavy atom. The number of hydrogen-bond donors (Lipinski definition) is 8. The number of allylic oxidation sites excluding steroid dienone is 2. The summed E-state index contributed by atoms with van der Waals surface area (Å²) >= 11 is 0. The minimum atomic E-state index is -0.670. The zero-order valence-electron chi connectivity index (χ0n) is 36.6. The first-order chi connectivity index (χ1) is 31.4. The quantitative estimate of drug-likeness (QED) is 0.0235. The van der Waals surface area contributed by atoms with Crippen molar-refractivity contribution in [3.63, 3.8) is 0 Å². The number of ether oxygens (including phenoxy) is 1. The van der Waals surface area contributed by atoms with Crippen LogP contribution in [0, 0.1) is 5.41 Å². The van der Waals surface area contributed by atoms with E-state index < -0.39 is 17.9 Å². The van der Waals surface area contributed by atoms with E-state index in [1.807, 2.05) is 35.9 Å². The van der Waals surface area contributed by atoms with E-state index in [-0.39, 0.29) is 35.5 Å². The van der Waals surface area contributed by atoms with Gasteiger partial charge in [-0.15, -0.1) is 0 Å². The molecule has 0 bridgehead atoms. The molecule has 8 N–H and O–H groups in total. The molecule has 336 valence electrons. The number of imide groups is 1. The summed E-state index contributed by atoms with van der Waals surface area (Å²) in [7, 11) is 1.54. The van der Waals surface area contributed by atoms with E-state index in [2.05, 4.69) is 41.2 Å². The largest absolute Gasteiger partial charge is 0.512 e. The summed E-state index contributed by atoms with van der Waals surface area (Å²) < 4.78 is 7.66. The number of nitrogens with zero attached hydrogens (tertiary/aromatic N) is 6. The molecule has 65 heavy (non-hydrogen) atoms. The summed E-state index contributed by atoms with van der Waals surface area (Å²) in [6.45, 7) is 6.98. The molecule has 1 saturated heterocycles. The molecule has 1 aliphatic carbocycles. The molecule has 1 unspecified atom stereocenters. The molecule has 0 radical (unpaired) electrons. The lowest BCUT2D eigenvalue weighted by Crippen LogP contribution is -2.52. The number of aromatic amines is 2. The molecule has 1 saturated carbocycles. The molecule has 2 aromatic carbocycles. The maximum atomic E-state index is 13.8. The molecule has 2 fully saturated rings. The first kappa shape index (κ1) is 42.7. The molecule has 0 spiro atoms. The summed E-state index contributed by atoms with van der Waals surface area (Å²) in [5, 5.41) is 37.3. The van der Waals surface area contributed by atoms with Crippen molar-refractivity contribution in [1.82, 2.24) is 50.2 Å². The average molecular weight is 882 g/mol. The molecule has 19 nitrogen and oxygen atoms in total. The Bertz CT molecular complexity index is 2940. The third-order valence-corrected chi connectivity index (χ3v) is 12.2. The number of hydrogen-bond acceptors (Lipinski definition) is 13. The molecule has 4 amide bonds. The van der Waals surface area contributed by atoms with Crippen LogP contribution in [0.15, 0.2) is 48.4 Å². The molecular weight excluding hydrogens is 831 g/mol. The molecule has 4 aromatic heterocycles. The topological polar surface area (TPSA) is 261 Å². The van der Waals surface area contributed by atoms with Crippen LogP contribution in [-0.4, -0.2) is 100 Å². The highest BCUT2D eigenvalue weighted by Crippen LogP contribution is 2.42. The number of aliphatic hydroxyl groups excluding tert-OH is 1. The Kier molecular flexibility index (Phi) is 11.5. The van der Waals surface area contributed by atoms with Crippen molar-refractivity contribution in [2.75, 3.05) is 30.8 Å². The zero-order chi connectivity index (χ0) is 45.5. The van der Waals surface area contributed by atoms with Crippen molar-refractivity contribution in [2.45, 2.75) is 90.8 Å². The predicted octanol–water partition coefficient (Wildman–Crippen LogP) is 5.79. The molecule has 3 aliphatic rings. The molecular formula is C46H51N13O6. The molecule has 6 aromatic rings. The highest BCUT2D eigenvalue weighted by Gasteiger charge is 2.40. The monoisotopic (exact) mass is 881 g/mol. The average Bonchev–Trinajstić information content (AvgIpc) is 3.54. The number of H-pyrrole nitrogens is 2. The second-order valence-corrected chi connectivity index (χ2v) is 16.7. The fourth-order valence-corrected chi connectivity index (χ4v) is 8.81. The van der Waals surface area contributed by atoms with Crippen LogP contribution in [-0.2, 0) is 35.5 Å². The van der Waals surface area contributed by atoms with E-state index in [9.17, 15) is 24.3 Å². The SMILES string of the molecule is CCn1nc(C2CC2)cc1Nc1nc(C(=O)NCCc2cnc(CCCNc3cccc4c3CN(C3CCC(=O)NC3=O)C4=O)[nH]2)nc2[nH]c3cc(/C(C(C)=N)=C(\C)O)c(OC)cc3c12. The number of rotatable bonds is 17. The van der Waals surface area contributed by atoms with E-state index in [4.69, 9.17) is 20.2 Å². The standard InChI is InChI=1S/C46H51N13O6/c1-5-59-37(20-32(57-59)25-11-12-25)53-42-40-28-19-35(65-4)29(39(23(2)47)24(3)60)18-33(28)52-41(40)55-43(56-42)45(63)49-17-15-26-21-50-36(51-26)10-7-16-48-31-9-6-8-27-30(31)22-58(46(27)64)34-13-14-38(61)54-44(34)62/h6,8-9,18-21,25,34,47-48,60H,5,7,10-17,22H2,1-4H3,(H,49,63)(H,50,51)(H,54,61,62)(H2,52,53,55,56)/b39-24+,47-23?. The van der Waals surface area contributed by atoms with Gasteiger partial charge in [0.2, 0.25) is 17.6 Å². The highest BCUT2D eigenvalue weighted by atomic mass is 16.5. The first-order valence-electron chi connectivity index (χ1n) is 21.9. The number of nitrogens with one attached hydrogen (secondary N) is 7. The van der Waals surface area contributed by atoms with E-state index >= 15 is 0 Å². The summed E-state index contributed by atoms with van der Waals surface area (Å²) in [5.74, 6) is 1.35. The van der Waals surface area contributed by atoms with Crippen molar-refractivity contribution >= 4 is 74.2 Å². The van der Waals surface area contributed by atoms with Crippen LogP contribution in [0.5, 0.6) is 5.75 Å². The van der Waals surface area contributed by atoms with Crippen LogP contribution < -0.4 is 26.0 Å². The number of imidazole rings is 1. The Morgan fingerprint density at radius 2 is 1.88 bits per heavy atom. The van der Waals surface area contributed by atoms with Gasteiger partial charge in [-0.1, -0.05) is 6.07 Å². The van der Waals surface area contributed by atoms with Crippen LogP contribution >= 0.6 is 0 Å². The number of carbonyl (C=O) groups excluding carboxylic acids is 4. The van der Waals surface area contributed by atoms with Crippen molar-refractivity contribution in [2.24, 2.45) is 0 Å². The molecule has 2 aliphatic heterocycles. The van der Waals surface area contributed by atoms with Gasteiger partial charge in [-0.05, 0) is 70.7 Å². The van der Waals surface area contributed by atoms with Gasteiger partial charge in [0.25, 0.3) is 11.8 Å². The van der Waals surface area contributed by atoms with Gasteiger partial charge in [0.15, 0.2) is 0 Å². The summed E-state index contributed by atoms with van der Waals surface area (Å²) in [6, 6.07) is 10.5. The van der Waals surface area contributed by atoms with Gasteiger partial charge < -0.3 is 46.1 Å². The Morgan fingerprint density at radius 3 is 2.62 bits per heavy atom. The number of aliphatic hydroxyl groups is 1. The number of anilines is 3. The van der Waals surface area contributed by atoms with E-state index in [0.717, 1.165) is 58.9 Å². The van der Waals surface area contributed by atoms with Gasteiger partial charge >= 0.3 is 0 Å². The number of aryl methyl sites for hydroxylation is 2. The third kappa shape index (κ3) is 8.48.